The number of methoxy groups -OCH3 is 1. The van der Waals surface area contributed by atoms with Crippen molar-refractivity contribution < 1.29 is 62.2 Å². The summed E-state index contributed by atoms with van der Waals surface area (Å²) >= 11 is 0. The van der Waals surface area contributed by atoms with Gasteiger partial charge in [0.25, 0.3) is 0 Å². The Morgan fingerprint density at radius 3 is 1.08 bits per heavy atom. The Labute approximate surface area is 624 Å². The first kappa shape index (κ1) is 85.0. The van der Waals surface area contributed by atoms with E-state index in [9.17, 15) is 47.9 Å². The van der Waals surface area contributed by atoms with Gasteiger partial charge >= 0.3 is 0 Å². The zero-order chi connectivity index (χ0) is 77.5. The van der Waals surface area contributed by atoms with Gasteiger partial charge in [-0.15, -0.1) is 0 Å². The van der Waals surface area contributed by atoms with Crippen molar-refractivity contribution in [2.75, 3.05) is 33.5 Å². The van der Waals surface area contributed by atoms with Gasteiger partial charge in [-0.05, 0) is 166 Å². The minimum atomic E-state index is 0.0328. The standard InChI is InChI=1S/C16H14O2.C16H12O.C15H14O.C13H18O4.2C11H12O2.C11H14O/c1-12(17)14-9-7-13(8-10-14)11-16(18)15-5-3-2-4-6-15;1-11(17)16-14-8-4-2-6-12(14)10-13-7-3-5-9-15(13)16;1-12(16)15-9-7-14(8-10-15)11-13-5-3-2-4-6-13;1-11(14)12-3-5-13(6-4-12)17-10-9-16-8-7-15-2;1-8(12)7-10-3-5-11(6-4-10)9(2)13;1-8(12)6-10-4-3-5-11(7-10)9(2)13;1-8(2)10-4-6-11(7-5-10)9(3)12/h2-10H,11H2,1H3;2-10H,1H3;2-10H,11H2,1H3;3-6H,7-10H2,1-2H3;3-6H,7H2,1-2H3;3-5,7H,6H2,1-2H3;4-8H,1-3H3. The molecule has 11 aromatic carbocycles. The predicted molar refractivity (Wildman–Crippen MR) is 425 cm³/mol. The maximum atomic E-state index is 12.0. The fourth-order valence-corrected chi connectivity index (χ4v) is 10.5. The molecule has 106 heavy (non-hydrogen) atoms. The van der Waals surface area contributed by atoms with Crippen LogP contribution in [0.4, 0.5) is 0 Å². The molecule has 0 saturated heterocycles. The monoisotopic (exact) mass is 1420 g/mol. The van der Waals surface area contributed by atoms with Crippen LogP contribution in [0, 0.1) is 0 Å². The van der Waals surface area contributed by atoms with E-state index in [-0.39, 0.29) is 57.8 Å². The number of hydrogen-bond donors (Lipinski definition) is 0. The first-order chi connectivity index (χ1) is 50.7. The summed E-state index contributed by atoms with van der Waals surface area (Å²) < 4.78 is 15.5. The van der Waals surface area contributed by atoms with Crippen molar-refractivity contribution in [2.45, 2.75) is 108 Å². The molecule has 0 atom stereocenters. The molecule has 0 aliphatic carbocycles. The van der Waals surface area contributed by atoms with Crippen LogP contribution < -0.4 is 4.74 Å². The Morgan fingerprint density at radius 2 is 0.660 bits per heavy atom. The second kappa shape index (κ2) is 45.5. The van der Waals surface area contributed by atoms with E-state index < -0.39 is 0 Å². The van der Waals surface area contributed by atoms with Crippen LogP contribution in [0.2, 0.25) is 0 Å². The van der Waals surface area contributed by atoms with Gasteiger partial charge < -0.3 is 14.2 Å². The smallest absolute Gasteiger partial charge is 0.167 e. The number of hydrogen-bond acceptors (Lipinski definition) is 13. The molecule has 13 nitrogen and oxygen atoms in total. The molecule has 0 radical (unpaired) electrons. The highest BCUT2D eigenvalue weighted by Gasteiger charge is 2.12. The van der Waals surface area contributed by atoms with Crippen molar-refractivity contribution >= 4 is 79.4 Å². The Bertz CT molecular complexity index is 4620. The van der Waals surface area contributed by atoms with E-state index >= 15 is 0 Å². The lowest BCUT2D eigenvalue weighted by molar-refractivity contribution is -0.117. The summed E-state index contributed by atoms with van der Waals surface area (Å²) in [5.74, 6) is 2.16. The van der Waals surface area contributed by atoms with Crippen molar-refractivity contribution in [3.63, 3.8) is 0 Å². The maximum absolute atomic E-state index is 12.0. The van der Waals surface area contributed by atoms with Gasteiger partial charge in [-0.1, -0.05) is 238 Å². The van der Waals surface area contributed by atoms with Crippen LogP contribution in [-0.4, -0.2) is 91.4 Å². The third-order valence-corrected chi connectivity index (χ3v) is 16.3. The molecular weight excluding hydrogens is 1330 g/mol. The highest BCUT2D eigenvalue weighted by molar-refractivity contribution is 6.18. The minimum absolute atomic E-state index is 0.0328. The highest BCUT2D eigenvalue weighted by Crippen LogP contribution is 2.29. The second-order valence-electron chi connectivity index (χ2n) is 25.5. The summed E-state index contributed by atoms with van der Waals surface area (Å²) in [6.07, 6.45) is 2.13. The molecule has 0 amide bonds. The normalized spacial score (nSPS) is 10.2. The second-order valence-corrected chi connectivity index (χ2v) is 25.5. The summed E-state index contributed by atoms with van der Waals surface area (Å²) in [6.45, 7) is 20.5. The number of fused-ring (bicyclic) bond motifs is 2. The van der Waals surface area contributed by atoms with Crippen molar-refractivity contribution in [1.82, 2.24) is 0 Å². The van der Waals surface area contributed by atoms with E-state index in [1.165, 1.54) is 37.5 Å². The van der Waals surface area contributed by atoms with Gasteiger partial charge in [-0.25, -0.2) is 0 Å². The Hall–Kier alpha value is -11.6. The molecule has 0 heterocycles. The van der Waals surface area contributed by atoms with Gasteiger partial charge in [0.05, 0.1) is 19.8 Å². The van der Waals surface area contributed by atoms with E-state index in [2.05, 4.69) is 32.0 Å². The molecule has 0 unspecified atom stereocenters. The van der Waals surface area contributed by atoms with Crippen molar-refractivity contribution in [3.05, 3.63) is 339 Å². The highest BCUT2D eigenvalue weighted by atomic mass is 16.5. The van der Waals surface area contributed by atoms with Gasteiger partial charge in [0.1, 0.15) is 23.9 Å². The van der Waals surface area contributed by atoms with E-state index in [1.54, 1.807) is 115 Å². The fraction of sp³-hybridized carbons (Fsp3) is 0.226. The van der Waals surface area contributed by atoms with E-state index in [1.807, 2.05) is 176 Å². The van der Waals surface area contributed by atoms with E-state index in [0.717, 1.165) is 67.1 Å². The van der Waals surface area contributed by atoms with Crippen molar-refractivity contribution in [1.29, 1.82) is 0 Å². The molecule has 0 aromatic heterocycles. The van der Waals surface area contributed by atoms with Crippen LogP contribution in [0.15, 0.2) is 261 Å². The van der Waals surface area contributed by atoms with Crippen LogP contribution in [0.1, 0.15) is 198 Å². The summed E-state index contributed by atoms with van der Waals surface area (Å²) in [5.41, 5.74) is 12.4. The molecule has 0 bridgehead atoms. The van der Waals surface area contributed by atoms with Gasteiger partial charge in [0, 0.05) is 70.9 Å². The van der Waals surface area contributed by atoms with Crippen LogP contribution in [0.3, 0.4) is 0 Å². The van der Waals surface area contributed by atoms with Crippen LogP contribution in [-0.2, 0) is 44.7 Å². The maximum Gasteiger partial charge on any atom is 0.167 e. The Morgan fingerprint density at radius 1 is 0.302 bits per heavy atom. The summed E-state index contributed by atoms with van der Waals surface area (Å²) in [5, 5.41) is 4.32. The minimum Gasteiger partial charge on any atom is -0.491 e. The number of Topliss-reactive ketones (excluding diaryl/α,β-unsaturated/α-hetero) is 10. The molecule has 11 rings (SSSR count). The molecule has 0 fully saturated rings. The fourth-order valence-electron chi connectivity index (χ4n) is 10.5. The zero-order valence-electron chi connectivity index (χ0n) is 62.9. The average Bonchev–Trinajstić information content (AvgIpc) is 0.774. The quantitative estimate of drug-likeness (QED) is 0.0315. The lowest BCUT2D eigenvalue weighted by atomic mass is 9.95. The summed E-state index contributed by atoms with van der Waals surface area (Å²) in [7, 11) is 1.64. The molecule has 13 heteroatoms. The molecule has 0 saturated carbocycles. The molecule has 0 spiro atoms. The summed E-state index contributed by atoms with van der Waals surface area (Å²) in [6, 6.07) is 81.9. The van der Waals surface area contributed by atoms with Crippen LogP contribution in [0.25, 0.3) is 21.5 Å². The third-order valence-electron chi connectivity index (χ3n) is 16.3. The number of rotatable bonds is 24. The van der Waals surface area contributed by atoms with Gasteiger partial charge in [-0.2, -0.15) is 0 Å². The predicted octanol–water partition coefficient (Wildman–Crippen LogP) is 20.0. The zero-order valence-corrected chi connectivity index (χ0v) is 62.9. The molecule has 0 aliphatic heterocycles. The lowest BCUT2D eigenvalue weighted by Gasteiger charge is -2.08. The SMILES string of the molecule is CC(=O)Cc1ccc(C(C)=O)cc1.CC(=O)Cc1cccc(C(C)=O)c1.CC(=O)c1c2ccccc2cc2ccccc12.CC(=O)c1ccc(C(C)C)cc1.CC(=O)c1ccc(CC(=O)c2ccccc2)cc1.CC(=O)c1ccc(Cc2ccccc2)cc1.COCCOCCOc1ccc(C(C)=O)cc1. The number of ether oxygens (including phenoxy) is 3. The summed E-state index contributed by atoms with van der Waals surface area (Å²) in [4.78, 5) is 112. The Kier molecular flexibility index (Phi) is 36.5. The number of carbonyl (C=O) groups is 10. The topological polar surface area (TPSA) is 198 Å². The Balaban J connectivity index is 0.000000223. The van der Waals surface area contributed by atoms with Gasteiger partial charge in [0.15, 0.2) is 46.3 Å². The van der Waals surface area contributed by atoms with Gasteiger partial charge in [-0.3, -0.25) is 47.9 Å². The number of carbonyl (C=O) groups excluding carboxylic acids is 10. The van der Waals surface area contributed by atoms with Crippen LogP contribution >= 0.6 is 0 Å². The average molecular weight is 1420 g/mol. The van der Waals surface area contributed by atoms with E-state index in [4.69, 9.17) is 14.2 Å². The van der Waals surface area contributed by atoms with E-state index in [0.29, 0.717) is 79.4 Å². The lowest BCUT2D eigenvalue weighted by Crippen LogP contribution is -2.10. The molecule has 11 aromatic rings. The molecule has 0 aliphatic rings. The third kappa shape index (κ3) is 30.7. The van der Waals surface area contributed by atoms with Gasteiger partial charge in [0.2, 0.25) is 0 Å². The largest absolute Gasteiger partial charge is 0.491 e. The first-order valence-corrected chi connectivity index (χ1v) is 35.1. The molecular formula is C93H96O13. The molecule has 0 N–H and O–H groups in total. The van der Waals surface area contributed by atoms with Crippen LogP contribution in [0.5, 0.6) is 5.75 Å². The first-order valence-electron chi connectivity index (χ1n) is 35.1. The number of ketones is 10. The molecule has 546 valence electrons. The van der Waals surface area contributed by atoms with Crippen molar-refractivity contribution in [3.8, 4) is 5.75 Å². The number of benzene rings is 11. The van der Waals surface area contributed by atoms with Crippen molar-refractivity contribution in [2.24, 2.45) is 0 Å².